The van der Waals surface area contributed by atoms with Crippen molar-refractivity contribution in [2.75, 3.05) is 13.9 Å². The number of nitrogens with two attached hydrogens (primary N) is 1. The molecule has 1 unspecified atom stereocenters. The minimum atomic E-state index is -0.547. The number of methoxy groups -OCH3 is 1. The molecule has 140 valence electrons. The van der Waals surface area contributed by atoms with Crippen LogP contribution in [0, 0.1) is 17.8 Å². The van der Waals surface area contributed by atoms with Gasteiger partial charge in [0.2, 0.25) is 6.79 Å². The van der Waals surface area contributed by atoms with Crippen LogP contribution in [0.5, 0.6) is 11.5 Å². The van der Waals surface area contributed by atoms with E-state index < -0.39 is 5.97 Å². The molecule has 0 spiro atoms. The van der Waals surface area contributed by atoms with Gasteiger partial charge in [-0.3, -0.25) is 0 Å². The van der Waals surface area contributed by atoms with Crippen LogP contribution in [0.15, 0.2) is 64.5 Å². The van der Waals surface area contributed by atoms with Crippen molar-refractivity contribution < 1.29 is 19.0 Å². The molecule has 1 aromatic carbocycles. The Balaban J connectivity index is 1.53. The van der Waals surface area contributed by atoms with Gasteiger partial charge in [0.1, 0.15) is 0 Å². The van der Waals surface area contributed by atoms with Gasteiger partial charge in [0.15, 0.2) is 11.5 Å². The van der Waals surface area contributed by atoms with E-state index in [2.05, 4.69) is 34.0 Å². The van der Waals surface area contributed by atoms with Crippen LogP contribution >= 0.6 is 0 Å². The Morgan fingerprint density at radius 2 is 2.25 bits per heavy atom. The number of benzene rings is 1. The number of fused-ring (bicyclic) bond motifs is 1. The van der Waals surface area contributed by atoms with E-state index in [9.17, 15) is 4.79 Å². The summed E-state index contributed by atoms with van der Waals surface area (Å²) in [5, 5.41) is 3.52. The molecule has 2 aliphatic heterocycles. The van der Waals surface area contributed by atoms with Crippen LogP contribution < -0.4 is 20.5 Å². The van der Waals surface area contributed by atoms with Crippen molar-refractivity contribution in [2.45, 2.75) is 12.5 Å². The largest absolute Gasteiger partial charge is 0.459 e. The lowest BCUT2D eigenvalue weighted by Crippen LogP contribution is -2.28. The van der Waals surface area contributed by atoms with Gasteiger partial charge < -0.3 is 25.3 Å². The predicted octanol–water partition coefficient (Wildman–Crippen LogP) is 2.22. The smallest absolute Gasteiger partial charge is 0.384 e. The van der Waals surface area contributed by atoms with Crippen LogP contribution in [-0.4, -0.2) is 19.9 Å². The quantitative estimate of drug-likeness (QED) is 0.480. The normalized spacial score (nSPS) is 21.2. The number of nitrogens with one attached hydrogen (secondary N) is 1. The molecule has 3 N–H and O–H groups in total. The summed E-state index contributed by atoms with van der Waals surface area (Å²) in [5.41, 5.74) is 13.1. The lowest BCUT2D eigenvalue weighted by Gasteiger charge is -2.27. The molecule has 0 amide bonds. The van der Waals surface area contributed by atoms with E-state index in [4.69, 9.17) is 15.2 Å². The molecule has 0 bridgehead atoms. The Morgan fingerprint density at radius 1 is 1.39 bits per heavy atom. The van der Waals surface area contributed by atoms with Gasteiger partial charge in [-0.15, -0.1) is 0 Å². The second-order valence-corrected chi connectivity index (χ2v) is 6.86. The summed E-state index contributed by atoms with van der Waals surface area (Å²) in [6, 6.07) is 5.34. The van der Waals surface area contributed by atoms with E-state index in [1.165, 1.54) is 24.0 Å². The van der Waals surface area contributed by atoms with Crippen LogP contribution in [0.25, 0.3) is 0 Å². The monoisotopic (exact) mass is 374 g/mol. The third kappa shape index (κ3) is 2.60. The maximum atomic E-state index is 11.4. The number of rotatable bonds is 3. The minimum Gasteiger partial charge on any atom is -0.459 e. The highest BCUT2D eigenvalue weighted by Gasteiger charge is 2.45. The maximum absolute atomic E-state index is 11.4. The van der Waals surface area contributed by atoms with Crippen molar-refractivity contribution in [3.63, 3.8) is 0 Å². The molecule has 4 aliphatic rings. The van der Waals surface area contributed by atoms with E-state index in [1.807, 2.05) is 24.3 Å². The Labute approximate surface area is 162 Å². The van der Waals surface area contributed by atoms with E-state index in [0.717, 1.165) is 22.6 Å². The second kappa shape index (κ2) is 6.32. The van der Waals surface area contributed by atoms with Gasteiger partial charge in [0, 0.05) is 23.7 Å². The van der Waals surface area contributed by atoms with Crippen molar-refractivity contribution in [3.05, 3.63) is 70.1 Å². The zero-order valence-electron chi connectivity index (χ0n) is 15.2. The summed E-state index contributed by atoms with van der Waals surface area (Å²) in [7, 11) is 1.32. The van der Waals surface area contributed by atoms with E-state index in [-0.39, 0.29) is 12.8 Å². The molecule has 0 radical (unpaired) electrons. The number of ether oxygens (including phenoxy) is 3. The van der Waals surface area contributed by atoms with Crippen LogP contribution in [0.4, 0.5) is 0 Å². The SMILES string of the molecule is COC(=O)C#CCC1=C(C(N)c2ccc3c(c2)OCO3)NC2=C3C=CC=C1[C@H]32. The molecule has 0 aromatic heterocycles. The topological polar surface area (TPSA) is 82.8 Å². The van der Waals surface area contributed by atoms with E-state index in [1.54, 1.807) is 0 Å². The average molecular weight is 374 g/mol. The van der Waals surface area contributed by atoms with Crippen molar-refractivity contribution in [1.29, 1.82) is 0 Å². The first kappa shape index (κ1) is 16.7. The van der Waals surface area contributed by atoms with Gasteiger partial charge in [-0.25, -0.2) is 4.79 Å². The number of hydrogen-bond acceptors (Lipinski definition) is 6. The molecule has 2 aliphatic carbocycles. The minimum absolute atomic E-state index is 0.222. The van der Waals surface area contributed by atoms with Crippen LogP contribution in [0.3, 0.4) is 0 Å². The number of allylic oxidation sites excluding steroid dienone is 6. The Hall–Kier alpha value is -3.43. The molecule has 2 atom stereocenters. The number of carbonyl (C=O) groups is 1. The predicted molar refractivity (Wildman–Crippen MR) is 102 cm³/mol. The van der Waals surface area contributed by atoms with Gasteiger partial charge in [0.05, 0.1) is 19.1 Å². The first-order valence-electron chi connectivity index (χ1n) is 9.02. The fourth-order valence-electron chi connectivity index (χ4n) is 3.89. The first-order chi connectivity index (χ1) is 13.7. The molecular weight excluding hydrogens is 356 g/mol. The van der Waals surface area contributed by atoms with Crippen LogP contribution in [0.2, 0.25) is 0 Å². The highest BCUT2D eigenvalue weighted by molar-refractivity contribution is 5.88. The molecule has 5 rings (SSSR count). The zero-order valence-corrected chi connectivity index (χ0v) is 15.2. The highest BCUT2D eigenvalue weighted by Crippen LogP contribution is 2.53. The molecule has 0 fully saturated rings. The fourth-order valence-corrected chi connectivity index (χ4v) is 3.89. The molecule has 6 nitrogen and oxygen atoms in total. The van der Waals surface area contributed by atoms with Crippen molar-refractivity contribution in [1.82, 2.24) is 5.32 Å². The summed E-state index contributed by atoms with van der Waals surface area (Å²) >= 11 is 0. The van der Waals surface area contributed by atoms with Crippen molar-refractivity contribution in [2.24, 2.45) is 11.7 Å². The zero-order chi connectivity index (χ0) is 19.3. The van der Waals surface area contributed by atoms with Crippen molar-refractivity contribution in [3.8, 4) is 23.3 Å². The standard InChI is InChI=1S/C22H18N2O4/c1-26-18(25)7-3-5-14-13-4-2-6-15-19(13)21(15)24-22(14)20(23)12-8-9-16-17(10-12)28-11-27-16/h2,4,6,8-10,19-20,24H,5,11,23H2,1H3/t19-,20?/m1/s1. The summed E-state index contributed by atoms with van der Waals surface area (Å²) in [6.45, 7) is 0.222. The van der Waals surface area contributed by atoms with Gasteiger partial charge in [-0.1, -0.05) is 30.2 Å². The number of hydrogen-bond donors (Lipinski definition) is 2. The lowest BCUT2D eigenvalue weighted by molar-refractivity contribution is -0.133. The van der Waals surface area contributed by atoms with Gasteiger partial charge in [-0.2, -0.15) is 0 Å². The molecule has 6 heteroatoms. The molecule has 2 heterocycles. The third-order valence-electron chi connectivity index (χ3n) is 5.34. The van der Waals surface area contributed by atoms with Gasteiger partial charge >= 0.3 is 5.97 Å². The molecular formula is C22H18N2O4. The van der Waals surface area contributed by atoms with E-state index in [0.29, 0.717) is 18.1 Å². The number of esters is 1. The first-order valence-corrected chi connectivity index (χ1v) is 9.02. The third-order valence-corrected chi connectivity index (χ3v) is 5.34. The maximum Gasteiger partial charge on any atom is 0.384 e. The van der Waals surface area contributed by atoms with Crippen molar-refractivity contribution >= 4 is 5.97 Å². The number of carbonyl (C=O) groups excluding carboxylic acids is 1. The van der Waals surface area contributed by atoms with Gasteiger partial charge in [-0.05, 0) is 34.4 Å². The summed E-state index contributed by atoms with van der Waals surface area (Å²) < 4.78 is 15.5. The van der Waals surface area contributed by atoms with Crippen LogP contribution in [-0.2, 0) is 9.53 Å². The molecule has 28 heavy (non-hydrogen) atoms. The summed E-state index contributed by atoms with van der Waals surface area (Å²) in [6.07, 6.45) is 6.66. The lowest BCUT2D eigenvalue weighted by atomic mass is 9.86. The second-order valence-electron chi connectivity index (χ2n) is 6.86. The van der Waals surface area contributed by atoms with Crippen LogP contribution in [0.1, 0.15) is 18.0 Å². The average Bonchev–Trinajstić information content (AvgIpc) is 3.22. The molecule has 0 saturated carbocycles. The Morgan fingerprint density at radius 3 is 3.11 bits per heavy atom. The highest BCUT2D eigenvalue weighted by atomic mass is 16.7. The van der Waals surface area contributed by atoms with Gasteiger partial charge in [0.25, 0.3) is 0 Å². The Bertz CT molecular complexity index is 1080. The molecule has 0 saturated heterocycles. The van der Waals surface area contributed by atoms with E-state index >= 15 is 0 Å². The molecule has 1 aromatic rings. The fraction of sp³-hybridized carbons (Fsp3) is 0.227. The summed E-state index contributed by atoms with van der Waals surface area (Å²) in [4.78, 5) is 11.4. The summed E-state index contributed by atoms with van der Waals surface area (Å²) in [5.74, 6) is 6.60. The Kier molecular flexibility index (Phi) is 3.78.